The van der Waals surface area contributed by atoms with Crippen LogP contribution in [0.1, 0.15) is 23.7 Å². The summed E-state index contributed by atoms with van der Waals surface area (Å²) in [7, 11) is -1.32. The summed E-state index contributed by atoms with van der Waals surface area (Å²) in [4.78, 5) is 12.8. The number of ketones is 1. The Bertz CT molecular complexity index is 612. The van der Waals surface area contributed by atoms with Crippen molar-refractivity contribution in [1.82, 2.24) is 0 Å². The van der Waals surface area contributed by atoms with Crippen LogP contribution >= 0.6 is 0 Å². The van der Waals surface area contributed by atoms with Gasteiger partial charge in [0.05, 0.1) is 17.2 Å². The average molecular weight is 285 g/mol. The Morgan fingerprint density at radius 2 is 2.11 bits per heavy atom. The summed E-state index contributed by atoms with van der Waals surface area (Å²) in [5, 5.41) is 0. The number of carbonyl (C=O) groups excluding carboxylic acids is 1. The van der Waals surface area contributed by atoms with Crippen molar-refractivity contribution >= 4 is 21.3 Å². The lowest BCUT2D eigenvalue weighted by atomic mass is 10.1. The van der Waals surface area contributed by atoms with Crippen molar-refractivity contribution in [3.05, 3.63) is 29.6 Å². The Morgan fingerprint density at radius 3 is 2.58 bits per heavy atom. The molecule has 19 heavy (non-hydrogen) atoms. The minimum absolute atomic E-state index is 0.0530. The summed E-state index contributed by atoms with van der Waals surface area (Å²) in [6.07, 6.45) is 0.507. The molecule has 1 heterocycles. The lowest BCUT2D eigenvalue weighted by Crippen LogP contribution is -2.33. The van der Waals surface area contributed by atoms with Gasteiger partial charge in [-0.1, -0.05) is 0 Å². The first-order chi connectivity index (χ1) is 8.80. The van der Waals surface area contributed by atoms with Gasteiger partial charge in [-0.2, -0.15) is 0 Å². The molecular formula is C13H16FNO3S. The van der Waals surface area contributed by atoms with Crippen LogP contribution in [0.25, 0.3) is 0 Å². The Hall–Kier alpha value is -1.43. The van der Waals surface area contributed by atoms with E-state index >= 15 is 0 Å². The van der Waals surface area contributed by atoms with E-state index in [1.165, 1.54) is 19.1 Å². The van der Waals surface area contributed by atoms with Crippen molar-refractivity contribution in [3.8, 4) is 0 Å². The molecule has 6 heteroatoms. The molecule has 1 aromatic carbocycles. The van der Waals surface area contributed by atoms with E-state index in [9.17, 15) is 17.6 Å². The van der Waals surface area contributed by atoms with Gasteiger partial charge in [-0.25, -0.2) is 12.8 Å². The number of halogens is 1. The number of rotatable bonds is 3. The molecule has 0 amide bonds. The molecule has 1 atom stereocenters. The second kappa shape index (κ2) is 4.92. The van der Waals surface area contributed by atoms with Crippen LogP contribution in [0.3, 0.4) is 0 Å². The number of nitrogens with zero attached hydrogens (tertiary/aromatic N) is 1. The van der Waals surface area contributed by atoms with Gasteiger partial charge in [0.25, 0.3) is 0 Å². The van der Waals surface area contributed by atoms with Crippen LogP contribution in [0.2, 0.25) is 0 Å². The largest absolute Gasteiger partial charge is 0.368 e. The van der Waals surface area contributed by atoms with E-state index in [1.54, 1.807) is 18.0 Å². The monoisotopic (exact) mass is 285 g/mol. The van der Waals surface area contributed by atoms with Gasteiger partial charge in [-0.3, -0.25) is 4.79 Å². The summed E-state index contributed by atoms with van der Waals surface area (Å²) < 4.78 is 36.8. The van der Waals surface area contributed by atoms with Gasteiger partial charge in [0.2, 0.25) is 0 Å². The standard InChI is InChI=1S/C13H16FNO3S/c1-9(16)10-3-4-13(12(14)7-10)15(2)11-5-6-19(17,18)8-11/h3-4,7,11H,5-6,8H2,1-2H3. The molecule has 0 spiro atoms. The van der Waals surface area contributed by atoms with Crippen LogP contribution < -0.4 is 4.90 Å². The molecule has 0 N–H and O–H groups in total. The van der Waals surface area contributed by atoms with Crippen LogP contribution in [-0.4, -0.2) is 38.8 Å². The predicted molar refractivity (Wildman–Crippen MR) is 71.9 cm³/mol. The Labute approximate surface area is 112 Å². The molecule has 1 aromatic rings. The molecule has 4 nitrogen and oxygen atoms in total. The number of hydrogen-bond acceptors (Lipinski definition) is 4. The third-order valence-corrected chi connectivity index (χ3v) is 5.24. The van der Waals surface area contributed by atoms with Gasteiger partial charge in [0.15, 0.2) is 15.6 Å². The lowest BCUT2D eigenvalue weighted by Gasteiger charge is -2.26. The molecule has 1 aliphatic heterocycles. The summed E-state index contributed by atoms with van der Waals surface area (Å²) >= 11 is 0. The van der Waals surface area contributed by atoms with E-state index in [1.807, 2.05) is 0 Å². The maximum atomic E-state index is 14.0. The fraction of sp³-hybridized carbons (Fsp3) is 0.462. The van der Waals surface area contributed by atoms with E-state index in [2.05, 4.69) is 0 Å². The molecular weight excluding hydrogens is 269 g/mol. The van der Waals surface area contributed by atoms with E-state index in [0.29, 0.717) is 17.7 Å². The summed E-state index contributed by atoms with van der Waals surface area (Å²) in [5.74, 6) is -0.497. The Balaban J connectivity index is 2.25. The van der Waals surface area contributed by atoms with Gasteiger partial charge in [0, 0.05) is 18.7 Å². The van der Waals surface area contributed by atoms with Gasteiger partial charge < -0.3 is 4.90 Å². The molecule has 0 bridgehead atoms. The van der Waals surface area contributed by atoms with E-state index in [-0.39, 0.29) is 23.3 Å². The zero-order chi connectivity index (χ0) is 14.2. The van der Waals surface area contributed by atoms with Crippen LogP contribution in [0.15, 0.2) is 18.2 Å². The zero-order valence-electron chi connectivity index (χ0n) is 10.9. The highest BCUT2D eigenvalue weighted by molar-refractivity contribution is 7.91. The van der Waals surface area contributed by atoms with Gasteiger partial charge in [-0.05, 0) is 31.5 Å². The second-order valence-corrected chi connectivity index (χ2v) is 7.12. The molecule has 2 rings (SSSR count). The molecule has 0 saturated carbocycles. The first-order valence-electron chi connectivity index (χ1n) is 6.04. The smallest absolute Gasteiger partial charge is 0.159 e. The maximum Gasteiger partial charge on any atom is 0.159 e. The van der Waals surface area contributed by atoms with Crippen LogP contribution in [-0.2, 0) is 9.84 Å². The third-order valence-electron chi connectivity index (χ3n) is 3.49. The Kier molecular flexibility index (Phi) is 3.62. The molecule has 0 radical (unpaired) electrons. The average Bonchev–Trinajstić information content (AvgIpc) is 2.68. The Morgan fingerprint density at radius 1 is 1.42 bits per heavy atom. The summed E-state index contributed by atoms with van der Waals surface area (Å²) in [5.41, 5.74) is 0.640. The van der Waals surface area contributed by atoms with Crippen LogP contribution in [0.4, 0.5) is 10.1 Å². The highest BCUT2D eigenvalue weighted by Crippen LogP contribution is 2.26. The number of carbonyl (C=O) groups is 1. The quantitative estimate of drug-likeness (QED) is 0.792. The van der Waals surface area contributed by atoms with Gasteiger partial charge in [0.1, 0.15) is 5.82 Å². The van der Waals surface area contributed by atoms with Crippen LogP contribution in [0.5, 0.6) is 0 Å². The highest BCUT2D eigenvalue weighted by atomic mass is 32.2. The van der Waals surface area contributed by atoms with E-state index in [4.69, 9.17) is 0 Å². The first-order valence-corrected chi connectivity index (χ1v) is 7.86. The van der Waals surface area contributed by atoms with Crippen molar-refractivity contribution in [2.45, 2.75) is 19.4 Å². The fourth-order valence-corrected chi connectivity index (χ4v) is 4.06. The van der Waals surface area contributed by atoms with E-state index < -0.39 is 15.7 Å². The summed E-state index contributed by atoms with van der Waals surface area (Å²) in [6.45, 7) is 1.38. The predicted octanol–water partition coefficient (Wildman–Crippen LogP) is 1.65. The van der Waals surface area contributed by atoms with Crippen LogP contribution in [0, 0.1) is 5.82 Å². The van der Waals surface area contributed by atoms with Crippen molar-refractivity contribution in [2.75, 3.05) is 23.5 Å². The third kappa shape index (κ3) is 2.94. The fourth-order valence-electron chi connectivity index (χ4n) is 2.29. The number of Topliss-reactive ketones (excluding diaryl/α,β-unsaturated/α-hetero) is 1. The highest BCUT2D eigenvalue weighted by Gasteiger charge is 2.31. The van der Waals surface area contributed by atoms with Crippen molar-refractivity contribution in [2.24, 2.45) is 0 Å². The van der Waals surface area contributed by atoms with Crippen molar-refractivity contribution < 1.29 is 17.6 Å². The molecule has 0 aromatic heterocycles. The first kappa shape index (κ1) is 14.0. The minimum atomic E-state index is -3.00. The minimum Gasteiger partial charge on any atom is -0.368 e. The van der Waals surface area contributed by atoms with Crippen molar-refractivity contribution in [3.63, 3.8) is 0 Å². The molecule has 104 valence electrons. The lowest BCUT2D eigenvalue weighted by molar-refractivity contribution is 0.101. The number of hydrogen-bond donors (Lipinski definition) is 0. The normalized spacial score (nSPS) is 21.3. The molecule has 1 unspecified atom stereocenters. The second-order valence-electron chi connectivity index (χ2n) is 4.89. The zero-order valence-corrected chi connectivity index (χ0v) is 11.7. The molecule has 0 aliphatic carbocycles. The van der Waals surface area contributed by atoms with Gasteiger partial charge >= 0.3 is 0 Å². The SMILES string of the molecule is CC(=O)c1ccc(N(C)C2CCS(=O)(=O)C2)c(F)c1. The molecule has 1 saturated heterocycles. The maximum absolute atomic E-state index is 14.0. The number of anilines is 1. The van der Waals surface area contributed by atoms with Gasteiger partial charge in [-0.15, -0.1) is 0 Å². The number of benzene rings is 1. The van der Waals surface area contributed by atoms with E-state index in [0.717, 1.165) is 0 Å². The number of sulfone groups is 1. The topological polar surface area (TPSA) is 54.5 Å². The molecule has 1 aliphatic rings. The van der Waals surface area contributed by atoms with Crippen molar-refractivity contribution in [1.29, 1.82) is 0 Å². The summed E-state index contributed by atoms with van der Waals surface area (Å²) in [6, 6.07) is 4.07. The molecule has 1 fully saturated rings.